The molecule has 2 aromatic carbocycles. The molecular formula is C19H19ClN2O4. The zero-order valence-electron chi connectivity index (χ0n) is 14.1. The van der Waals surface area contributed by atoms with Gasteiger partial charge in [0.25, 0.3) is 0 Å². The zero-order valence-corrected chi connectivity index (χ0v) is 14.8. The molecule has 7 heteroatoms. The number of anilines is 1. The van der Waals surface area contributed by atoms with Crippen molar-refractivity contribution < 1.29 is 19.1 Å². The second-order valence-electron chi connectivity index (χ2n) is 5.81. The Morgan fingerprint density at radius 2 is 1.81 bits per heavy atom. The summed E-state index contributed by atoms with van der Waals surface area (Å²) in [7, 11) is 0. The summed E-state index contributed by atoms with van der Waals surface area (Å²) in [6.07, 6.45) is 0.403. The van der Waals surface area contributed by atoms with Crippen LogP contribution in [0.1, 0.15) is 12.0 Å². The lowest BCUT2D eigenvalue weighted by atomic mass is 10.1. The highest BCUT2D eigenvalue weighted by Gasteiger charge is 2.14. The van der Waals surface area contributed by atoms with E-state index in [1.54, 1.807) is 24.3 Å². The van der Waals surface area contributed by atoms with Crippen LogP contribution in [-0.4, -0.2) is 31.6 Å². The number of rotatable bonds is 6. The van der Waals surface area contributed by atoms with Gasteiger partial charge >= 0.3 is 0 Å². The van der Waals surface area contributed by atoms with Crippen LogP contribution in [0, 0.1) is 0 Å². The number of benzene rings is 2. The highest BCUT2D eigenvalue weighted by molar-refractivity contribution is 6.30. The lowest BCUT2D eigenvalue weighted by molar-refractivity contribution is -0.126. The van der Waals surface area contributed by atoms with Crippen molar-refractivity contribution in [2.24, 2.45) is 0 Å². The van der Waals surface area contributed by atoms with E-state index in [0.29, 0.717) is 48.4 Å². The fraction of sp³-hybridized carbons (Fsp3) is 0.263. The van der Waals surface area contributed by atoms with Crippen LogP contribution in [0.25, 0.3) is 0 Å². The summed E-state index contributed by atoms with van der Waals surface area (Å²) in [5.74, 6) is 0.511. The van der Waals surface area contributed by atoms with Gasteiger partial charge in [0.1, 0.15) is 19.6 Å². The Morgan fingerprint density at radius 1 is 1.00 bits per heavy atom. The van der Waals surface area contributed by atoms with Crippen molar-refractivity contribution in [3.05, 3.63) is 53.1 Å². The standard InChI is InChI=1S/C19H19ClN2O4/c20-14-3-1-2-13(10-14)6-7-21-18(23)12-19(24)22-15-4-5-16-17(11-15)26-9-8-25-16/h1-5,10-11H,6-9,12H2,(H,21,23)(H,22,24). The van der Waals surface area contributed by atoms with E-state index in [-0.39, 0.29) is 18.2 Å². The monoisotopic (exact) mass is 374 g/mol. The maximum Gasteiger partial charge on any atom is 0.233 e. The summed E-state index contributed by atoms with van der Waals surface area (Å²) in [5, 5.41) is 6.08. The Labute approximate surface area is 156 Å². The molecule has 1 aliphatic rings. The van der Waals surface area contributed by atoms with Crippen LogP contribution in [0.5, 0.6) is 11.5 Å². The van der Waals surface area contributed by atoms with Gasteiger partial charge < -0.3 is 20.1 Å². The van der Waals surface area contributed by atoms with Crippen molar-refractivity contribution >= 4 is 29.1 Å². The number of hydrogen-bond acceptors (Lipinski definition) is 4. The molecule has 0 atom stereocenters. The molecule has 0 bridgehead atoms. The van der Waals surface area contributed by atoms with Crippen LogP contribution in [-0.2, 0) is 16.0 Å². The molecule has 1 heterocycles. The van der Waals surface area contributed by atoms with E-state index in [9.17, 15) is 9.59 Å². The summed E-state index contributed by atoms with van der Waals surface area (Å²) in [6.45, 7) is 1.42. The lowest BCUT2D eigenvalue weighted by Crippen LogP contribution is -2.29. The first-order valence-corrected chi connectivity index (χ1v) is 8.68. The summed E-state index contributed by atoms with van der Waals surface area (Å²) in [6, 6.07) is 12.6. The minimum absolute atomic E-state index is 0.246. The van der Waals surface area contributed by atoms with Gasteiger partial charge in [-0.2, -0.15) is 0 Å². The van der Waals surface area contributed by atoms with Gasteiger partial charge in [-0.05, 0) is 36.2 Å². The summed E-state index contributed by atoms with van der Waals surface area (Å²) < 4.78 is 10.9. The highest BCUT2D eigenvalue weighted by atomic mass is 35.5. The minimum atomic E-state index is -0.387. The van der Waals surface area contributed by atoms with Gasteiger partial charge in [-0.1, -0.05) is 23.7 Å². The third kappa shape index (κ3) is 5.13. The number of halogens is 1. The van der Waals surface area contributed by atoms with Crippen LogP contribution in [0.2, 0.25) is 5.02 Å². The lowest BCUT2D eigenvalue weighted by Gasteiger charge is -2.19. The molecule has 3 rings (SSSR count). The topological polar surface area (TPSA) is 76.7 Å². The van der Waals surface area contributed by atoms with Crippen LogP contribution in [0.15, 0.2) is 42.5 Å². The predicted molar refractivity (Wildman–Crippen MR) is 98.8 cm³/mol. The molecular weight excluding hydrogens is 356 g/mol. The summed E-state index contributed by atoms with van der Waals surface area (Å²) in [4.78, 5) is 23.9. The summed E-state index contributed by atoms with van der Waals surface area (Å²) in [5.41, 5.74) is 1.59. The molecule has 0 radical (unpaired) electrons. The molecule has 6 nitrogen and oxygen atoms in total. The van der Waals surface area contributed by atoms with Crippen molar-refractivity contribution in [3.63, 3.8) is 0 Å². The Hall–Kier alpha value is -2.73. The van der Waals surface area contributed by atoms with Crippen molar-refractivity contribution in [1.29, 1.82) is 0 Å². The molecule has 0 spiro atoms. The van der Waals surface area contributed by atoms with Crippen LogP contribution in [0.3, 0.4) is 0 Å². The molecule has 0 fully saturated rings. The summed E-state index contributed by atoms with van der Waals surface area (Å²) >= 11 is 5.92. The van der Waals surface area contributed by atoms with Crippen molar-refractivity contribution in [2.45, 2.75) is 12.8 Å². The first-order chi connectivity index (χ1) is 12.6. The first-order valence-electron chi connectivity index (χ1n) is 8.31. The van der Waals surface area contributed by atoms with Gasteiger partial charge in [0, 0.05) is 23.3 Å². The molecule has 2 aromatic rings. The fourth-order valence-corrected chi connectivity index (χ4v) is 2.79. The maximum absolute atomic E-state index is 12.0. The molecule has 0 aliphatic carbocycles. The second-order valence-corrected chi connectivity index (χ2v) is 6.25. The molecule has 1 aliphatic heterocycles. The smallest absolute Gasteiger partial charge is 0.233 e. The minimum Gasteiger partial charge on any atom is -0.486 e. The number of carbonyl (C=O) groups is 2. The normalized spacial score (nSPS) is 12.3. The van der Waals surface area contributed by atoms with Gasteiger partial charge in [0.05, 0.1) is 0 Å². The van der Waals surface area contributed by atoms with Crippen LogP contribution in [0.4, 0.5) is 5.69 Å². The SMILES string of the molecule is O=C(CC(=O)Nc1ccc2c(c1)OCCO2)NCCc1cccc(Cl)c1. The molecule has 26 heavy (non-hydrogen) atoms. The Morgan fingerprint density at radius 3 is 2.62 bits per heavy atom. The van der Waals surface area contributed by atoms with Crippen LogP contribution < -0.4 is 20.1 Å². The fourth-order valence-electron chi connectivity index (χ4n) is 2.57. The molecule has 0 saturated heterocycles. The molecule has 136 valence electrons. The van der Waals surface area contributed by atoms with E-state index in [2.05, 4.69) is 10.6 Å². The zero-order chi connectivity index (χ0) is 18.4. The van der Waals surface area contributed by atoms with Gasteiger partial charge in [0.15, 0.2) is 11.5 Å². The second kappa shape index (κ2) is 8.58. The van der Waals surface area contributed by atoms with E-state index in [1.807, 2.05) is 18.2 Å². The largest absolute Gasteiger partial charge is 0.486 e. The van der Waals surface area contributed by atoms with Gasteiger partial charge in [-0.3, -0.25) is 9.59 Å². The van der Waals surface area contributed by atoms with Gasteiger partial charge in [0.2, 0.25) is 11.8 Å². The van der Waals surface area contributed by atoms with Crippen molar-refractivity contribution in [2.75, 3.05) is 25.1 Å². The number of hydrogen-bond donors (Lipinski definition) is 2. The predicted octanol–water partition coefficient (Wildman–Crippen LogP) is 2.80. The molecule has 2 N–H and O–H groups in total. The van der Waals surface area contributed by atoms with Gasteiger partial charge in [-0.25, -0.2) is 0 Å². The number of fused-ring (bicyclic) bond motifs is 1. The molecule has 0 aromatic heterocycles. The number of nitrogens with one attached hydrogen (secondary N) is 2. The van der Waals surface area contributed by atoms with E-state index < -0.39 is 0 Å². The Kier molecular flexibility index (Phi) is 5.96. The third-order valence-electron chi connectivity index (χ3n) is 3.77. The van der Waals surface area contributed by atoms with E-state index >= 15 is 0 Å². The van der Waals surface area contributed by atoms with Crippen LogP contribution >= 0.6 is 11.6 Å². The number of ether oxygens (including phenoxy) is 2. The first kappa shape index (κ1) is 18.1. The third-order valence-corrected chi connectivity index (χ3v) is 4.01. The van der Waals surface area contributed by atoms with E-state index in [0.717, 1.165) is 5.56 Å². The molecule has 0 unspecified atom stereocenters. The number of carbonyl (C=O) groups excluding carboxylic acids is 2. The van der Waals surface area contributed by atoms with E-state index in [4.69, 9.17) is 21.1 Å². The average Bonchev–Trinajstić information content (AvgIpc) is 2.61. The quantitative estimate of drug-likeness (QED) is 0.762. The van der Waals surface area contributed by atoms with E-state index in [1.165, 1.54) is 0 Å². The molecule has 0 saturated carbocycles. The average molecular weight is 375 g/mol. The Balaban J connectivity index is 1.43. The highest BCUT2D eigenvalue weighted by Crippen LogP contribution is 2.32. The Bertz CT molecular complexity index is 810. The maximum atomic E-state index is 12.0. The van der Waals surface area contributed by atoms with Crippen molar-refractivity contribution in [1.82, 2.24) is 5.32 Å². The van der Waals surface area contributed by atoms with Gasteiger partial charge in [-0.15, -0.1) is 0 Å². The molecule has 2 amide bonds. The van der Waals surface area contributed by atoms with Crippen molar-refractivity contribution in [3.8, 4) is 11.5 Å². The number of amides is 2.